The molecule has 1 rings (SSSR count). The van der Waals surface area contributed by atoms with E-state index in [0.29, 0.717) is 11.3 Å². The minimum absolute atomic E-state index is 0.0740. The van der Waals surface area contributed by atoms with Crippen molar-refractivity contribution in [2.45, 2.75) is 32.6 Å². The molecule has 1 aromatic rings. The number of hydrazine groups is 1. The molecule has 17 heavy (non-hydrogen) atoms. The van der Waals surface area contributed by atoms with Gasteiger partial charge in [0, 0.05) is 6.54 Å². The van der Waals surface area contributed by atoms with Crippen LogP contribution in [0.5, 0.6) is 0 Å². The minimum Gasteiger partial charge on any atom is -0.352 e. The van der Waals surface area contributed by atoms with Gasteiger partial charge in [0.15, 0.2) is 0 Å². The molecule has 0 heterocycles. The predicted molar refractivity (Wildman–Crippen MR) is 70.7 cm³/mol. The Kier molecular flexibility index (Phi) is 6.10. The lowest BCUT2D eigenvalue weighted by Gasteiger charge is -2.09. The number of rotatable bonds is 7. The third kappa shape index (κ3) is 4.44. The average Bonchev–Trinajstić information content (AvgIpc) is 2.38. The summed E-state index contributed by atoms with van der Waals surface area (Å²) in [6.45, 7) is 2.89. The summed E-state index contributed by atoms with van der Waals surface area (Å²) in [6, 6.07) is 7.21. The highest BCUT2D eigenvalue weighted by molar-refractivity contribution is 5.99. The van der Waals surface area contributed by atoms with E-state index in [4.69, 9.17) is 5.84 Å². The maximum atomic E-state index is 11.9. The molecule has 0 radical (unpaired) electrons. The lowest BCUT2D eigenvalue weighted by molar-refractivity contribution is 0.0953. The average molecular weight is 235 g/mol. The maximum absolute atomic E-state index is 11.9. The molecular weight excluding hydrogens is 214 g/mol. The number of anilines is 1. The molecule has 4 nitrogen and oxygen atoms in total. The van der Waals surface area contributed by atoms with Gasteiger partial charge in [0.2, 0.25) is 0 Å². The molecule has 0 fully saturated rings. The number of benzene rings is 1. The molecule has 1 amide bonds. The van der Waals surface area contributed by atoms with E-state index in [1.807, 2.05) is 12.1 Å². The molecule has 0 aliphatic rings. The number of nitrogens with two attached hydrogens (primary N) is 1. The summed E-state index contributed by atoms with van der Waals surface area (Å²) in [4.78, 5) is 11.9. The van der Waals surface area contributed by atoms with Crippen LogP contribution in [-0.4, -0.2) is 12.5 Å². The fourth-order valence-electron chi connectivity index (χ4n) is 1.66. The molecule has 4 heteroatoms. The highest BCUT2D eigenvalue weighted by Crippen LogP contribution is 2.13. The predicted octanol–water partition coefficient (Wildman–Crippen LogP) is 2.28. The lowest BCUT2D eigenvalue weighted by atomic mass is 10.1. The summed E-state index contributed by atoms with van der Waals surface area (Å²) in [5.74, 6) is 5.28. The van der Waals surface area contributed by atoms with Gasteiger partial charge in [-0.15, -0.1) is 0 Å². The number of hydrogen-bond acceptors (Lipinski definition) is 3. The third-order valence-corrected chi connectivity index (χ3v) is 2.64. The van der Waals surface area contributed by atoms with Crippen molar-refractivity contribution in [3.63, 3.8) is 0 Å². The zero-order valence-corrected chi connectivity index (χ0v) is 10.3. The lowest BCUT2D eigenvalue weighted by Crippen LogP contribution is -2.26. The Morgan fingerprint density at radius 1 is 1.24 bits per heavy atom. The van der Waals surface area contributed by atoms with E-state index in [9.17, 15) is 4.79 Å². The third-order valence-electron chi connectivity index (χ3n) is 2.64. The van der Waals surface area contributed by atoms with E-state index in [-0.39, 0.29) is 5.91 Å². The topological polar surface area (TPSA) is 67.2 Å². The van der Waals surface area contributed by atoms with Gasteiger partial charge in [-0.2, -0.15) is 0 Å². The molecule has 94 valence electrons. The summed E-state index contributed by atoms with van der Waals surface area (Å²) >= 11 is 0. The van der Waals surface area contributed by atoms with Crippen LogP contribution in [-0.2, 0) is 0 Å². The number of carbonyl (C=O) groups is 1. The highest BCUT2D eigenvalue weighted by atomic mass is 16.1. The normalized spacial score (nSPS) is 10.0. The van der Waals surface area contributed by atoms with E-state index in [2.05, 4.69) is 17.7 Å². The Balaban J connectivity index is 2.41. The van der Waals surface area contributed by atoms with Gasteiger partial charge in [0.25, 0.3) is 5.91 Å². The second kappa shape index (κ2) is 7.68. The van der Waals surface area contributed by atoms with Crippen LogP contribution in [0.15, 0.2) is 24.3 Å². The van der Waals surface area contributed by atoms with Crippen molar-refractivity contribution in [2.24, 2.45) is 5.84 Å². The van der Waals surface area contributed by atoms with Crippen LogP contribution in [0.3, 0.4) is 0 Å². The maximum Gasteiger partial charge on any atom is 0.253 e. The highest BCUT2D eigenvalue weighted by Gasteiger charge is 2.08. The molecule has 0 bridgehead atoms. The molecule has 0 spiro atoms. The summed E-state index contributed by atoms with van der Waals surface area (Å²) < 4.78 is 0. The Bertz CT molecular complexity index is 352. The monoisotopic (exact) mass is 235 g/mol. The van der Waals surface area contributed by atoms with Gasteiger partial charge >= 0.3 is 0 Å². The number of carbonyl (C=O) groups excluding carboxylic acids is 1. The second-order valence-corrected chi connectivity index (χ2v) is 4.01. The summed E-state index contributed by atoms with van der Waals surface area (Å²) in [5.41, 5.74) is 3.77. The van der Waals surface area contributed by atoms with Gasteiger partial charge < -0.3 is 10.7 Å². The molecule has 0 unspecified atom stereocenters. The molecule has 0 saturated carbocycles. The van der Waals surface area contributed by atoms with Crippen LogP contribution >= 0.6 is 0 Å². The Hall–Kier alpha value is -1.55. The summed E-state index contributed by atoms with van der Waals surface area (Å²) in [5, 5.41) is 2.90. The van der Waals surface area contributed by atoms with Crippen LogP contribution in [0.4, 0.5) is 5.69 Å². The van der Waals surface area contributed by atoms with Crippen LogP contribution < -0.4 is 16.6 Å². The van der Waals surface area contributed by atoms with E-state index >= 15 is 0 Å². The van der Waals surface area contributed by atoms with Crippen LogP contribution in [0, 0.1) is 0 Å². The second-order valence-electron chi connectivity index (χ2n) is 4.01. The standard InChI is InChI=1S/C13H21N3O/c1-2-3-4-7-10-15-13(17)11-8-5-6-9-12(11)16-14/h5-6,8-9,16H,2-4,7,10,14H2,1H3,(H,15,17). The van der Waals surface area contributed by atoms with Crippen molar-refractivity contribution in [3.05, 3.63) is 29.8 Å². The first-order valence-electron chi connectivity index (χ1n) is 6.13. The minimum atomic E-state index is -0.0740. The molecule has 0 aliphatic carbocycles. The molecular formula is C13H21N3O. The molecule has 1 aromatic carbocycles. The zero-order chi connectivity index (χ0) is 12.5. The van der Waals surface area contributed by atoms with Crippen molar-refractivity contribution < 1.29 is 4.79 Å². The summed E-state index contributed by atoms with van der Waals surface area (Å²) in [6.07, 6.45) is 4.61. The van der Waals surface area contributed by atoms with Gasteiger partial charge in [-0.1, -0.05) is 38.3 Å². The molecule has 0 saturated heterocycles. The molecule has 0 atom stereocenters. The molecule has 0 aliphatic heterocycles. The largest absolute Gasteiger partial charge is 0.352 e. The first-order valence-corrected chi connectivity index (χ1v) is 6.13. The van der Waals surface area contributed by atoms with Crippen molar-refractivity contribution in [2.75, 3.05) is 12.0 Å². The molecule has 0 aromatic heterocycles. The smallest absolute Gasteiger partial charge is 0.253 e. The summed E-state index contributed by atoms with van der Waals surface area (Å²) in [7, 11) is 0. The first-order chi connectivity index (χ1) is 8.29. The van der Waals surface area contributed by atoms with Gasteiger partial charge in [-0.3, -0.25) is 10.6 Å². The SMILES string of the molecule is CCCCCCNC(=O)c1ccccc1NN. The van der Waals surface area contributed by atoms with Crippen LogP contribution in [0.2, 0.25) is 0 Å². The Morgan fingerprint density at radius 2 is 2.00 bits per heavy atom. The number of amides is 1. The Morgan fingerprint density at radius 3 is 2.71 bits per heavy atom. The number of para-hydroxylation sites is 1. The number of nitrogen functional groups attached to an aromatic ring is 1. The fourth-order valence-corrected chi connectivity index (χ4v) is 1.66. The van der Waals surface area contributed by atoms with Gasteiger partial charge in [0.05, 0.1) is 11.3 Å². The van der Waals surface area contributed by atoms with E-state index in [1.165, 1.54) is 12.8 Å². The van der Waals surface area contributed by atoms with Gasteiger partial charge in [-0.05, 0) is 18.6 Å². The quantitative estimate of drug-likeness (QED) is 0.386. The van der Waals surface area contributed by atoms with Crippen molar-refractivity contribution >= 4 is 11.6 Å². The number of unbranched alkanes of at least 4 members (excludes halogenated alkanes) is 3. The van der Waals surface area contributed by atoms with Crippen LogP contribution in [0.25, 0.3) is 0 Å². The van der Waals surface area contributed by atoms with Crippen molar-refractivity contribution in [1.82, 2.24) is 5.32 Å². The van der Waals surface area contributed by atoms with Gasteiger partial charge in [0.1, 0.15) is 0 Å². The fraction of sp³-hybridized carbons (Fsp3) is 0.462. The van der Waals surface area contributed by atoms with E-state index in [0.717, 1.165) is 19.4 Å². The van der Waals surface area contributed by atoms with E-state index < -0.39 is 0 Å². The zero-order valence-electron chi connectivity index (χ0n) is 10.3. The first kappa shape index (κ1) is 13.5. The number of hydrogen-bond donors (Lipinski definition) is 3. The van der Waals surface area contributed by atoms with Crippen LogP contribution in [0.1, 0.15) is 43.0 Å². The Labute approximate surface area is 103 Å². The number of nitrogens with one attached hydrogen (secondary N) is 2. The van der Waals surface area contributed by atoms with Gasteiger partial charge in [-0.25, -0.2) is 0 Å². The van der Waals surface area contributed by atoms with Crippen molar-refractivity contribution in [1.29, 1.82) is 0 Å². The van der Waals surface area contributed by atoms with Crippen molar-refractivity contribution in [3.8, 4) is 0 Å². The van der Waals surface area contributed by atoms with E-state index in [1.54, 1.807) is 12.1 Å². The molecule has 4 N–H and O–H groups in total.